The molecule has 10 heteroatoms. The van der Waals surface area contributed by atoms with Gasteiger partial charge in [0.05, 0.1) is 36.6 Å². The van der Waals surface area contributed by atoms with Crippen LogP contribution in [0, 0.1) is 5.92 Å². The number of nitrogens with one attached hydrogen (secondary N) is 1. The highest BCUT2D eigenvalue weighted by Crippen LogP contribution is 2.30. The Hall–Kier alpha value is -3.24. The number of anilines is 1. The molecule has 2 aliphatic heterocycles. The zero-order valence-electron chi connectivity index (χ0n) is 21.2. The van der Waals surface area contributed by atoms with Gasteiger partial charge >= 0.3 is 0 Å². The first-order valence-corrected chi connectivity index (χ1v) is 13.5. The van der Waals surface area contributed by atoms with Crippen molar-refractivity contribution in [2.24, 2.45) is 5.92 Å². The molecule has 1 saturated heterocycles. The highest BCUT2D eigenvalue weighted by Gasteiger charge is 2.24. The first-order chi connectivity index (χ1) is 18.0. The molecule has 0 saturated carbocycles. The number of thiocarbonyl (C=S) groups is 1. The lowest BCUT2D eigenvalue weighted by Crippen LogP contribution is -2.46. The molecule has 1 atom stereocenters. The number of hydrogen-bond acceptors (Lipinski definition) is 7. The van der Waals surface area contributed by atoms with Crippen molar-refractivity contribution in [1.82, 2.24) is 24.8 Å². The number of para-hydroxylation sites is 1. The highest BCUT2D eigenvalue weighted by molar-refractivity contribution is 7.80. The molecule has 0 radical (unpaired) electrons. The summed E-state index contributed by atoms with van der Waals surface area (Å²) in [5.41, 5.74) is 8.84. The van der Waals surface area contributed by atoms with E-state index >= 15 is 0 Å². The molecule has 1 fully saturated rings. The van der Waals surface area contributed by atoms with Crippen LogP contribution in [0.15, 0.2) is 42.4 Å². The molecule has 3 N–H and O–H groups in total. The second-order valence-electron chi connectivity index (χ2n) is 9.68. The van der Waals surface area contributed by atoms with Crippen LogP contribution in [-0.2, 0) is 14.3 Å². The van der Waals surface area contributed by atoms with Gasteiger partial charge in [-0.15, -0.1) is 0 Å². The van der Waals surface area contributed by atoms with E-state index < -0.39 is 0 Å². The normalized spacial score (nSPS) is 17.1. The zero-order valence-corrected chi connectivity index (χ0v) is 22.0. The van der Waals surface area contributed by atoms with Gasteiger partial charge < -0.3 is 24.7 Å². The van der Waals surface area contributed by atoms with E-state index in [2.05, 4.69) is 37.7 Å². The van der Waals surface area contributed by atoms with Crippen LogP contribution >= 0.6 is 12.2 Å². The van der Waals surface area contributed by atoms with Crippen molar-refractivity contribution in [2.75, 3.05) is 38.6 Å². The Morgan fingerprint density at radius 1 is 1.32 bits per heavy atom. The number of pyridine rings is 1. The number of ether oxygens (including phenoxy) is 2. The average molecular weight is 523 g/mol. The minimum atomic E-state index is -0.249. The average Bonchev–Trinajstić information content (AvgIpc) is 3.61. The van der Waals surface area contributed by atoms with E-state index in [9.17, 15) is 4.79 Å². The van der Waals surface area contributed by atoms with E-state index in [0.717, 1.165) is 67.1 Å². The largest absolute Gasteiger partial charge is 0.488 e. The summed E-state index contributed by atoms with van der Waals surface area (Å²) in [6.07, 6.45) is 8.42. The van der Waals surface area contributed by atoms with Crippen molar-refractivity contribution in [1.29, 1.82) is 0 Å². The Labute approximate surface area is 222 Å². The summed E-state index contributed by atoms with van der Waals surface area (Å²) in [4.78, 5) is 23.4. The molecule has 0 aliphatic carbocycles. The second-order valence-corrected chi connectivity index (χ2v) is 10.1. The number of fused-ring (bicyclic) bond motifs is 3. The topological polar surface area (TPSA) is 108 Å². The fourth-order valence-corrected chi connectivity index (χ4v) is 5.42. The number of carbonyl (C=O) groups excluding carboxylic acids is 1. The van der Waals surface area contributed by atoms with E-state index in [1.807, 2.05) is 24.5 Å². The van der Waals surface area contributed by atoms with Gasteiger partial charge in [0.2, 0.25) is 0 Å². The minimum absolute atomic E-state index is 0.164. The Morgan fingerprint density at radius 2 is 2.14 bits per heavy atom. The number of carbonyl (C=O) groups is 1. The molecule has 2 aliphatic rings. The molecule has 9 nitrogen and oxygen atoms in total. The van der Waals surface area contributed by atoms with Gasteiger partial charge in [0.15, 0.2) is 16.7 Å². The van der Waals surface area contributed by atoms with Gasteiger partial charge in [-0.1, -0.05) is 25.1 Å². The predicted octanol–water partition coefficient (Wildman–Crippen LogP) is 3.94. The number of imidazole rings is 1. The third-order valence-electron chi connectivity index (χ3n) is 7.33. The van der Waals surface area contributed by atoms with Crippen molar-refractivity contribution < 1.29 is 14.3 Å². The van der Waals surface area contributed by atoms with Crippen molar-refractivity contribution in [2.45, 2.75) is 45.1 Å². The molecule has 5 rings (SSSR count). The number of nitrogen functional groups attached to an aromatic ring is 1. The van der Waals surface area contributed by atoms with Crippen LogP contribution in [0.1, 0.15) is 45.1 Å². The number of piperidine rings is 1. The van der Waals surface area contributed by atoms with E-state index in [0.29, 0.717) is 42.4 Å². The number of aromatic nitrogens is 3. The number of amides is 1. The highest BCUT2D eigenvalue weighted by atomic mass is 32.1. The number of nitrogens with zero attached hydrogens (tertiary/aromatic N) is 4. The summed E-state index contributed by atoms with van der Waals surface area (Å²) in [5.74, 6) is 1.16. The molecule has 3 aromatic rings. The summed E-state index contributed by atoms with van der Waals surface area (Å²) in [5, 5.41) is 4.34. The summed E-state index contributed by atoms with van der Waals surface area (Å²) >= 11 is 5.45. The SMILES string of the molecule is CCC(COCCC1CCN(C(=S)NC(=O)C2=CCCO2)CC1)n1cnc2c(N)nc3ccccc3c21. The third kappa shape index (κ3) is 5.55. The molecular formula is C27H34N6O3S. The van der Waals surface area contributed by atoms with Gasteiger partial charge in [0.25, 0.3) is 5.91 Å². The van der Waals surface area contributed by atoms with Gasteiger partial charge in [-0.2, -0.15) is 0 Å². The standard InChI is InChI=1S/C27H34N6O3S/c1-2-19(33-17-29-23-24(33)20-6-3-4-7-21(20)30-25(23)28)16-35-15-11-18-9-12-32(13-10-18)27(37)31-26(34)22-8-5-14-36-22/h3-4,6-8,17-19H,2,5,9-16H2,1H3,(H2,28,30)(H,31,34,37). The Morgan fingerprint density at radius 3 is 2.89 bits per heavy atom. The van der Waals surface area contributed by atoms with E-state index in [4.69, 9.17) is 27.4 Å². The van der Waals surface area contributed by atoms with Crippen LogP contribution in [0.2, 0.25) is 0 Å². The van der Waals surface area contributed by atoms with E-state index in [1.54, 1.807) is 6.08 Å². The fourth-order valence-electron chi connectivity index (χ4n) is 5.15. The van der Waals surface area contributed by atoms with Gasteiger partial charge in [-0.3, -0.25) is 10.1 Å². The molecule has 1 unspecified atom stereocenters. The molecule has 0 spiro atoms. The lowest BCUT2D eigenvalue weighted by Gasteiger charge is -2.33. The second kappa shape index (κ2) is 11.4. The number of hydrogen-bond donors (Lipinski definition) is 2. The summed E-state index contributed by atoms with van der Waals surface area (Å²) in [6.45, 7) is 5.73. The Kier molecular flexibility index (Phi) is 7.85. The molecule has 2 aromatic heterocycles. The predicted molar refractivity (Wildman–Crippen MR) is 148 cm³/mol. The maximum absolute atomic E-state index is 12.2. The van der Waals surface area contributed by atoms with Crippen LogP contribution in [0.25, 0.3) is 21.9 Å². The fraction of sp³-hybridized carbons (Fsp3) is 0.481. The Bertz CT molecular complexity index is 1310. The maximum atomic E-state index is 12.2. The van der Waals surface area contributed by atoms with Gasteiger partial charge in [-0.25, -0.2) is 9.97 Å². The van der Waals surface area contributed by atoms with Crippen LogP contribution in [-0.4, -0.2) is 63.4 Å². The number of likely N-dealkylation sites (tertiary alicyclic amines) is 1. The lowest BCUT2D eigenvalue weighted by atomic mass is 9.94. The smallest absolute Gasteiger partial charge is 0.292 e. The van der Waals surface area contributed by atoms with Crippen molar-refractivity contribution in [3.05, 3.63) is 42.4 Å². The molecule has 1 aromatic carbocycles. The molecule has 1 amide bonds. The van der Waals surface area contributed by atoms with E-state index in [1.165, 1.54) is 0 Å². The lowest BCUT2D eigenvalue weighted by molar-refractivity contribution is -0.119. The molecular weight excluding hydrogens is 488 g/mol. The van der Waals surface area contributed by atoms with Crippen LogP contribution in [0.4, 0.5) is 5.82 Å². The molecule has 4 heterocycles. The molecule has 0 bridgehead atoms. The Balaban J connectivity index is 1.10. The monoisotopic (exact) mass is 522 g/mol. The van der Waals surface area contributed by atoms with Crippen LogP contribution in [0.5, 0.6) is 0 Å². The van der Waals surface area contributed by atoms with Crippen molar-refractivity contribution in [3.8, 4) is 0 Å². The van der Waals surface area contributed by atoms with Crippen molar-refractivity contribution in [3.63, 3.8) is 0 Å². The van der Waals surface area contributed by atoms with Gasteiger partial charge in [0.1, 0.15) is 5.52 Å². The first kappa shape index (κ1) is 25.4. The minimum Gasteiger partial charge on any atom is -0.488 e. The number of nitrogens with two attached hydrogens (primary N) is 1. The molecule has 37 heavy (non-hydrogen) atoms. The maximum Gasteiger partial charge on any atom is 0.292 e. The third-order valence-corrected chi connectivity index (χ3v) is 7.69. The van der Waals surface area contributed by atoms with Crippen LogP contribution < -0.4 is 11.1 Å². The summed E-state index contributed by atoms with van der Waals surface area (Å²) < 4.78 is 13.7. The van der Waals surface area contributed by atoms with Crippen LogP contribution in [0.3, 0.4) is 0 Å². The van der Waals surface area contributed by atoms with E-state index in [-0.39, 0.29) is 11.9 Å². The number of benzene rings is 1. The number of rotatable bonds is 8. The van der Waals surface area contributed by atoms with Gasteiger partial charge in [0, 0.05) is 31.5 Å². The summed E-state index contributed by atoms with van der Waals surface area (Å²) in [6, 6.07) is 8.20. The van der Waals surface area contributed by atoms with Crippen molar-refractivity contribution >= 4 is 51.0 Å². The molecule has 196 valence electrons. The zero-order chi connectivity index (χ0) is 25.8. The summed E-state index contributed by atoms with van der Waals surface area (Å²) in [7, 11) is 0. The first-order valence-electron chi connectivity index (χ1n) is 13.1. The quantitative estimate of drug-likeness (QED) is 0.338. The van der Waals surface area contributed by atoms with Gasteiger partial charge in [-0.05, 0) is 56.0 Å².